The van der Waals surface area contributed by atoms with E-state index < -0.39 is 0 Å². The molecule has 0 unspecified atom stereocenters. The van der Waals surface area contributed by atoms with E-state index in [4.69, 9.17) is 0 Å². The molecule has 0 spiro atoms. The van der Waals surface area contributed by atoms with Crippen LogP contribution in [0.5, 0.6) is 5.75 Å². The fourth-order valence-electron chi connectivity index (χ4n) is 2.74. The molecule has 1 aromatic carbocycles. The van der Waals surface area contributed by atoms with Crippen molar-refractivity contribution in [1.82, 2.24) is 9.88 Å². The van der Waals surface area contributed by atoms with Gasteiger partial charge in [-0.3, -0.25) is 4.90 Å². The van der Waals surface area contributed by atoms with E-state index in [1.165, 1.54) is 19.3 Å². The summed E-state index contributed by atoms with van der Waals surface area (Å²) in [6, 6.07) is 13.5. The maximum absolute atomic E-state index is 10.0. The molecule has 2 heterocycles. The lowest BCUT2D eigenvalue weighted by molar-refractivity contribution is 0.218. The Hall–Kier alpha value is -1.29. The van der Waals surface area contributed by atoms with E-state index in [0.29, 0.717) is 5.69 Å². The largest absolute Gasteiger partial charge is 0.506 e. The van der Waals surface area contributed by atoms with E-state index in [1.807, 2.05) is 36.4 Å². The molecule has 120 valence electrons. The quantitative estimate of drug-likeness (QED) is 0.905. The van der Waals surface area contributed by atoms with Crippen molar-refractivity contribution in [2.24, 2.45) is 0 Å². The Morgan fingerprint density at radius 1 is 0.909 bits per heavy atom. The first-order valence-corrected chi connectivity index (χ1v) is 7.29. The molecule has 0 bridgehead atoms. The van der Waals surface area contributed by atoms with Crippen LogP contribution in [0.25, 0.3) is 11.3 Å². The van der Waals surface area contributed by atoms with E-state index >= 15 is 0 Å². The fourth-order valence-corrected chi connectivity index (χ4v) is 2.74. The molecule has 0 radical (unpaired) electrons. The first kappa shape index (κ1) is 18.8. The van der Waals surface area contributed by atoms with Crippen LogP contribution in [-0.4, -0.2) is 28.1 Å². The van der Waals surface area contributed by atoms with Crippen LogP contribution >= 0.6 is 24.8 Å². The van der Waals surface area contributed by atoms with E-state index in [9.17, 15) is 5.11 Å². The summed E-state index contributed by atoms with van der Waals surface area (Å²) in [6.07, 6.45) is 3.90. The second kappa shape index (κ2) is 8.99. The molecular weight excluding hydrogens is 319 g/mol. The van der Waals surface area contributed by atoms with Crippen LogP contribution in [0.4, 0.5) is 0 Å². The van der Waals surface area contributed by atoms with Gasteiger partial charge in [0.25, 0.3) is 0 Å². The summed E-state index contributed by atoms with van der Waals surface area (Å²) in [6.45, 7) is 3.19. The Kier molecular flexibility index (Phi) is 7.66. The molecule has 0 aliphatic carbocycles. The van der Waals surface area contributed by atoms with E-state index in [0.717, 1.165) is 30.9 Å². The summed E-state index contributed by atoms with van der Waals surface area (Å²) >= 11 is 0. The predicted molar refractivity (Wildman–Crippen MR) is 95.0 cm³/mol. The van der Waals surface area contributed by atoms with Gasteiger partial charge in [0.15, 0.2) is 0 Å². The molecule has 3 rings (SSSR count). The van der Waals surface area contributed by atoms with Crippen LogP contribution in [0.2, 0.25) is 0 Å². The highest BCUT2D eigenvalue weighted by atomic mass is 35.5. The number of halogens is 2. The number of nitrogens with zero attached hydrogens (tertiary/aromatic N) is 2. The predicted octanol–water partition coefficient (Wildman–Crippen LogP) is 4.28. The van der Waals surface area contributed by atoms with Gasteiger partial charge in [-0.2, -0.15) is 0 Å². The number of likely N-dealkylation sites (tertiary alicyclic amines) is 1. The molecular formula is C17H22Cl2N2O. The Balaban J connectivity index is 0.00000121. The third kappa shape index (κ3) is 4.60. The normalized spacial score (nSPS) is 14.7. The van der Waals surface area contributed by atoms with Crippen LogP contribution in [0.3, 0.4) is 0 Å². The third-order valence-corrected chi connectivity index (χ3v) is 3.81. The number of hydrogen-bond donors (Lipinski definition) is 1. The minimum Gasteiger partial charge on any atom is -0.506 e. The lowest BCUT2D eigenvalue weighted by Gasteiger charge is -2.26. The average molecular weight is 341 g/mol. The first-order chi connectivity index (χ1) is 9.83. The number of aromatic hydroxyl groups is 1. The smallest absolute Gasteiger partial charge is 0.141 e. The van der Waals surface area contributed by atoms with Gasteiger partial charge >= 0.3 is 0 Å². The molecule has 1 aliphatic rings. The lowest BCUT2D eigenvalue weighted by Crippen LogP contribution is -2.29. The van der Waals surface area contributed by atoms with Crippen molar-refractivity contribution in [2.45, 2.75) is 25.8 Å². The lowest BCUT2D eigenvalue weighted by atomic mass is 10.1. The van der Waals surface area contributed by atoms with Crippen LogP contribution < -0.4 is 0 Å². The van der Waals surface area contributed by atoms with Crippen LogP contribution in [0.1, 0.15) is 25.0 Å². The highest BCUT2D eigenvalue weighted by molar-refractivity contribution is 5.85. The topological polar surface area (TPSA) is 36.4 Å². The molecule has 3 nitrogen and oxygen atoms in total. The molecule has 0 atom stereocenters. The molecule has 1 N–H and O–H groups in total. The van der Waals surface area contributed by atoms with Crippen molar-refractivity contribution in [3.05, 3.63) is 48.2 Å². The van der Waals surface area contributed by atoms with Crippen molar-refractivity contribution >= 4 is 24.8 Å². The van der Waals surface area contributed by atoms with Crippen molar-refractivity contribution < 1.29 is 5.11 Å². The van der Waals surface area contributed by atoms with E-state index in [2.05, 4.69) is 9.88 Å². The number of aromatic nitrogens is 1. The summed E-state index contributed by atoms with van der Waals surface area (Å²) in [5.41, 5.74) is 2.68. The van der Waals surface area contributed by atoms with E-state index in [-0.39, 0.29) is 30.6 Å². The molecule has 0 saturated carbocycles. The number of pyridine rings is 1. The van der Waals surface area contributed by atoms with Gasteiger partial charge in [-0.15, -0.1) is 24.8 Å². The summed E-state index contributed by atoms with van der Waals surface area (Å²) in [7, 11) is 0. The Morgan fingerprint density at radius 2 is 1.59 bits per heavy atom. The summed E-state index contributed by atoms with van der Waals surface area (Å²) in [5.74, 6) is 0.249. The average Bonchev–Trinajstić information content (AvgIpc) is 2.51. The second-order valence-corrected chi connectivity index (χ2v) is 5.37. The Bertz CT molecular complexity index is 572. The van der Waals surface area contributed by atoms with Crippen LogP contribution in [0, 0.1) is 0 Å². The van der Waals surface area contributed by atoms with Crippen molar-refractivity contribution in [1.29, 1.82) is 0 Å². The molecule has 1 fully saturated rings. The molecule has 5 heteroatoms. The zero-order chi connectivity index (χ0) is 13.8. The highest BCUT2D eigenvalue weighted by Gasteiger charge is 2.13. The standard InChI is InChI=1S/C17H20N2O.2ClH/c20-16-10-9-15(13-19-11-5-2-6-12-19)18-17(16)14-7-3-1-4-8-14;;/h1,3-4,7-10,20H,2,5-6,11-13H2;2*1H. The van der Waals surface area contributed by atoms with Crippen LogP contribution in [0.15, 0.2) is 42.5 Å². The number of hydrogen-bond acceptors (Lipinski definition) is 3. The maximum Gasteiger partial charge on any atom is 0.141 e. The van der Waals surface area contributed by atoms with Gasteiger partial charge in [0.1, 0.15) is 11.4 Å². The van der Waals surface area contributed by atoms with Gasteiger partial charge in [-0.1, -0.05) is 36.8 Å². The van der Waals surface area contributed by atoms with Crippen LogP contribution in [-0.2, 0) is 6.54 Å². The fraction of sp³-hybridized carbons (Fsp3) is 0.353. The summed E-state index contributed by atoms with van der Waals surface area (Å²) < 4.78 is 0. The van der Waals surface area contributed by atoms with Gasteiger partial charge in [-0.05, 0) is 38.1 Å². The van der Waals surface area contributed by atoms with Gasteiger partial charge in [0, 0.05) is 12.1 Å². The van der Waals surface area contributed by atoms with Gasteiger partial charge in [0.05, 0.1) is 5.69 Å². The van der Waals surface area contributed by atoms with Gasteiger partial charge in [-0.25, -0.2) is 4.98 Å². The van der Waals surface area contributed by atoms with Gasteiger partial charge in [0.2, 0.25) is 0 Å². The SMILES string of the molecule is Cl.Cl.Oc1ccc(CN2CCCCC2)nc1-c1ccccc1. The minimum atomic E-state index is 0. The monoisotopic (exact) mass is 340 g/mol. The highest BCUT2D eigenvalue weighted by Crippen LogP contribution is 2.27. The number of benzene rings is 1. The Morgan fingerprint density at radius 3 is 2.27 bits per heavy atom. The second-order valence-electron chi connectivity index (χ2n) is 5.37. The van der Waals surface area contributed by atoms with Gasteiger partial charge < -0.3 is 5.11 Å². The number of rotatable bonds is 3. The maximum atomic E-state index is 10.0. The zero-order valence-corrected chi connectivity index (χ0v) is 14.1. The zero-order valence-electron chi connectivity index (χ0n) is 12.4. The first-order valence-electron chi connectivity index (χ1n) is 7.29. The molecule has 22 heavy (non-hydrogen) atoms. The summed E-state index contributed by atoms with van der Waals surface area (Å²) in [4.78, 5) is 7.09. The molecule has 1 aliphatic heterocycles. The molecule has 2 aromatic rings. The Labute approximate surface area is 144 Å². The molecule has 0 amide bonds. The molecule has 1 saturated heterocycles. The third-order valence-electron chi connectivity index (χ3n) is 3.81. The van der Waals surface area contributed by atoms with E-state index in [1.54, 1.807) is 6.07 Å². The molecule has 1 aromatic heterocycles. The summed E-state index contributed by atoms with van der Waals surface area (Å²) in [5, 5.41) is 10.0. The van der Waals surface area contributed by atoms with Crippen molar-refractivity contribution in [3.8, 4) is 17.0 Å². The minimum absolute atomic E-state index is 0. The van der Waals surface area contributed by atoms with Crippen molar-refractivity contribution in [2.75, 3.05) is 13.1 Å². The number of piperidine rings is 1. The van der Waals surface area contributed by atoms with Crippen molar-refractivity contribution in [3.63, 3.8) is 0 Å².